The van der Waals surface area contributed by atoms with Crippen LogP contribution in [0.2, 0.25) is 0 Å². The number of fused-ring (bicyclic) bond motifs is 1. The molecule has 0 unspecified atom stereocenters. The Morgan fingerprint density at radius 3 is 2.50 bits per heavy atom. The van der Waals surface area contributed by atoms with E-state index in [-0.39, 0.29) is 15.4 Å². The monoisotopic (exact) mass is 423 g/mol. The molecule has 0 spiro atoms. The number of hydrogen-bond acceptors (Lipinski definition) is 7. The molecule has 0 saturated heterocycles. The number of non-ortho nitro benzene ring substituents is 1. The summed E-state index contributed by atoms with van der Waals surface area (Å²) in [4.78, 5) is 10.8. The number of sulfonamides is 1. The Bertz CT molecular complexity index is 1180. The highest BCUT2D eigenvalue weighted by molar-refractivity contribution is 7.90. The summed E-state index contributed by atoms with van der Waals surface area (Å²) >= 11 is 1.07. The fourth-order valence-electron chi connectivity index (χ4n) is 2.55. The third kappa shape index (κ3) is 4.06. The first-order valence-corrected chi connectivity index (χ1v) is 10.3. The molecule has 28 heavy (non-hydrogen) atoms. The van der Waals surface area contributed by atoms with E-state index in [1.165, 1.54) is 50.6 Å². The van der Waals surface area contributed by atoms with Gasteiger partial charge in [0.2, 0.25) is 4.80 Å². The van der Waals surface area contributed by atoms with E-state index in [4.69, 9.17) is 9.47 Å². The van der Waals surface area contributed by atoms with Crippen molar-refractivity contribution in [2.45, 2.75) is 11.4 Å². The lowest BCUT2D eigenvalue weighted by atomic mass is 10.3. The molecule has 0 radical (unpaired) electrons. The van der Waals surface area contributed by atoms with Gasteiger partial charge in [0.15, 0.2) is 0 Å². The average Bonchev–Trinajstić information content (AvgIpc) is 3.01. The van der Waals surface area contributed by atoms with Gasteiger partial charge in [-0.2, -0.15) is 8.42 Å². The molecule has 0 aliphatic heterocycles. The SMILES string of the molecule is COCCn1/c(=N/S(=O)(=O)c2ccc(OC)cc2)sc2cc([N+](=O)[O-])ccc21. The number of thiazole rings is 1. The predicted octanol–water partition coefficient (Wildman–Crippen LogP) is 2.56. The van der Waals surface area contributed by atoms with Gasteiger partial charge < -0.3 is 14.0 Å². The Hall–Kier alpha value is -2.76. The summed E-state index contributed by atoms with van der Waals surface area (Å²) in [5.41, 5.74) is 0.577. The molecular formula is C17H17N3O6S2. The molecule has 9 nitrogen and oxygen atoms in total. The van der Waals surface area contributed by atoms with Gasteiger partial charge in [-0.25, -0.2) is 0 Å². The summed E-state index contributed by atoms with van der Waals surface area (Å²) in [6.07, 6.45) is 0. The van der Waals surface area contributed by atoms with Crippen LogP contribution in [0.5, 0.6) is 5.75 Å². The van der Waals surface area contributed by atoms with E-state index in [0.29, 0.717) is 29.1 Å². The summed E-state index contributed by atoms with van der Waals surface area (Å²) < 4.78 is 41.8. The lowest BCUT2D eigenvalue weighted by Gasteiger charge is -2.05. The molecule has 0 atom stereocenters. The van der Waals surface area contributed by atoms with Gasteiger partial charge in [0.25, 0.3) is 15.7 Å². The number of methoxy groups -OCH3 is 2. The molecule has 0 amide bonds. The van der Waals surface area contributed by atoms with Crippen LogP contribution < -0.4 is 9.54 Å². The summed E-state index contributed by atoms with van der Waals surface area (Å²) in [6, 6.07) is 10.3. The predicted molar refractivity (Wildman–Crippen MR) is 104 cm³/mol. The Morgan fingerprint density at radius 2 is 1.89 bits per heavy atom. The van der Waals surface area contributed by atoms with Crippen molar-refractivity contribution in [1.82, 2.24) is 4.57 Å². The number of rotatable bonds is 7. The molecule has 0 saturated carbocycles. The molecule has 0 aliphatic rings. The zero-order chi connectivity index (χ0) is 20.3. The van der Waals surface area contributed by atoms with Crippen LogP contribution in [0, 0.1) is 10.1 Å². The largest absolute Gasteiger partial charge is 0.497 e. The lowest BCUT2D eigenvalue weighted by molar-refractivity contribution is -0.384. The minimum atomic E-state index is -3.98. The number of aromatic nitrogens is 1. The van der Waals surface area contributed by atoms with E-state index in [1.807, 2.05) is 0 Å². The summed E-state index contributed by atoms with van der Waals surface area (Å²) in [5, 5.41) is 11.0. The van der Waals surface area contributed by atoms with Crippen LogP contribution in [0.1, 0.15) is 0 Å². The number of nitro benzene ring substituents is 1. The number of nitro groups is 1. The number of nitrogens with zero attached hydrogens (tertiary/aromatic N) is 3. The maximum absolute atomic E-state index is 12.7. The minimum Gasteiger partial charge on any atom is -0.497 e. The summed E-state index contributed by atoms with van der Waals surface area (Å²) in [6.45, 7) is 0.684. The number of benzene rings is 2. The fraction of sp³-hybridized carbons (Fsp3) is 0.235. The summed E-state index contributed by atoms with van der Waals surface area (Å²) in [5.74, 6) is 0.531. The first kappa shape index (κ1) is 20.0. The third-order valence-electron chi connectivity index (χ3n) is 3.95. The van der Waals surface area contributed by atoms with Crippen molar-refractivity contribution in [2.24, 2.45) is 4.40 Å². The highest BCUT2D eigenvalue weighted by Gasteiger charge is 2.16. The van der Waals surface area contributed by atoms with Crippen LogP contribution in [-0.2, 0) is 21.3 Å². The Labute approximate surface area is 164 Å². The zero-order valence-electron chi connectivity index (χ0n) is 15.1. The van der Waals surface area contributed by atoms with Gasteiger partial charge >= 0.3 is 0 Å². The van der Waals surface area contributed by atoms with E-state index in [9.17, 15) is 18.5 Å². The average molecular weight is 423 g/mol. The number of ether oxygens (including phenoxy) is 2. The maximum Gasteiger partial charge on any atom is 0.285 e. The molecule has 11 heteroatoms. The van der Waals surface area contributed by atoms with E-state index in [2.05, 4.69) is 4.40 Å². The molecule has 1 aromatic heterocycles. The van der Waals surface area contributed by atoms with Crippen LogP contribution in [0.25, 0.3) is 10.2 Å². The van der Waals surface area contributed by atoms with E-state index < -0.39 is 14.9 Å². The molecule has 3 aromatic rings. The first-order chi connectivity index (χ1) is 13.4. The normalized spacial score (nSPS) is 12.4. The molecule has 0 N–H and O–H groups in total. The summed E-state index contributed by atoms with van der Waals surface area (Å²) in [7, 11) is -0.954. The zero-order valence-corrected chi connectivity index (χ0v) is 16.7. The van der Waals surface area contributed by atoms with Gasteiger partial charge in [-0.3, -0.25) is 10.1 Å². The molecule has 2 aromatic carbocycles. The van der Waals surface area contributed by atoms with E-state index in [1.54, 1.807) is 10.6 Å². The van der Waals surface area contributed by atoms with Crippen molar-refractivity contribution >= 4 is 37.3 Å². The van der Waals surface area contributed by atoms with E-state index in [0.717, 1.165) is 11.3 Å². The van der Waals surface area contributed by atoms with Crippen molar-refractivity contribution < 1.29 is 22.8 Å². The molecule has 3 rings (SSSR count). The second-order valence-corrected chi connectivity index (χ2v) is 8.29. The van der Waals surface area contributed by atoms with Gasteiger partial charge in [0.05, 0.1) is 33.8 Å². The van der Waals surface area contributed by atoms with Crippen molar-refractivity contribution in [3.8, 4) is 5.75 Å². The van der Waals surface area contributed by atoms with Crippen LogP contribution in [0.15, 0.2) is 51.8 Å². The second kappa shape index (κ2) is 8.09. The second-order valence-electron chi connectivity index (χ2n) is 5.68. The van der Waals surface area contributed by atoms with Gasteiger partial charge in [0.1, 0.15) is 5.75 Å². The Balaban J connectivity index is 2.16. The Morgan fingerprint density at radius 1 is 1.18 bits per heavy atom. The van der Waals surface area contributed by atoms with E-state index >= 15 is 0 Å². The maximum atomic E-state index is 12.7. The first-order valence-electron chi connectivity index (χ1n) is 8.07. The van der Waals surface area contributed by atoms with Crippen molar-refractivity contribution in [3.63, 3.8) is 0 Å². The molecule has 0 aliphatic carbocycles. The molecule has 148 valence electrons. The van der Waals surface area contributed by atoms with Gasteiger partial charge in [-0.1, -0.05) is 11.3 Å². The third-order valence-corrected chi connectivity index (χ3v) is 6.39. The lowest BCUT2D eigenvalue weighted by Crippen LogP contribution is -2.19. The van der Waals surface area contributed by atoms with Crippen LogP contribution in [0.4, 0.5) is 5.69 Å². The highest BCUT2D eigenvalue weighted by atomic mass is 32.2. The molecule has 1 heterocycles. The quantitative estimate of drug-likeness (QED) is 0.426. The highest BCUT2D eigenvalue weighted by Crippen LogP contribution is 2.24. The van der Waals surface area contributed by atoms with Crippen LogP contribution in [-0.4, -0.2) is 38.7 Å². The van der Waals surface area contributed by atoms with Crippen molar-refractivity contribution in [1.29, 1.82) is 0 Å². The molecule has 0 bridgehead atoms. The smallest absolute Gasteiger partial charge is 0.285 e. The molecular weight excluding hydrogens is 406 g/mol. The van der Waals surface area contributed by atoms with Gasteiger partial charge in [-0.15, -0.1) is 4.40 Å². The van der Waals surface area contributed by atoms with Crippen molar-refractivity contribution in [3.05, 3.63) is 57.4 Å². The van der Waals surface area contributed by atoms with Crippen molar-refractivity contribution in [2.75, 3.05) is 20.8 Å². The van der Waals surface area contributed by atoms with Crippen LogP contribution in [0.3, 0.4) is 0 Å². The van der Waals surface area contributed by atoms with Crippen LogP contribution >= 0.6 is 11.3 Å². The fourth-order valence-corrected chi connectivity index (χ4v) is 4.84. The van der Waals surface area contributed by atoms with Gasteiger partial charge in [-0.05, 0) is 30.3 Å². The topological polar surface area (TPSA) is 113 Å². The molecule has 0 fully saturated rings. The minimum absolute atomic E-state index is 0.0232. The Kier molecular flexibility index (Phi) is 5.77. The number of hydrogen-bond donors (Lipinski definition) is 0. The standard InChI is InChI=1S/C17H17N3O6S2/c1-25-10-9-19-15-8-3-12(20(21)22)11-16(15)27-17(19)18-28(23,24)14-6-4-13(26-2)5-7-14/h3-8,11H,9-10H2,1-2H3/b18-17-. The van der Waals surface area contributed by atoms with Gasteiger partial charge in [0, 0.05) is 25.8 Å².